The van der Waals surface area contributed by atoms with Crippen LogP contribution in [0.15, 0.2) is 29.2 Å². The topological polar surface area (TPSA) is 78.7 Å². The van der Waals surface area contributed by atoms with Crippen LogP contribution < -0.4 is 11.3 Å². The number of nitrogen functional groups attached to an aromatic ring is 1. The smallest absolute Gasteiger partial charge is 0.243 e. The van der Waals surface area contributed by atoms with Crippen LogP contribution in [0.3, 0.4) is 0 Å². The number of piperazine rings is 1. The maximum Gasteiger partial charge on any atom is 0.243 e. The summed E-state index contributed by atoms with van der Waals surface area (Å²) in [5, 5.41) is 0. The summed E-state index contributed by atoms with van der Waals surface area (Å²) in [5.74, 6) is 5.32. The van der Waals surface area contributed by atoms with Gasteiger partial charge in [0, 0.05) is 30.9 Å². The third-order valence-corrected chi connectivity index (χ3v) is 6.50. The van der Waals surface area contributed by atoms with Crippen LogP contribution in [0.25, 0.3) is 0 Å². The van der Waals surface area contributed by atoms with Crippen LogP contribution >= 0.6 is 0 Å². The Bertz CT molecular complexity index is 602. The van der Waals surface area contributed by atoms with Gasteiger partial charge in [0.15, 0.2) is 0 Å². The number of hydrogen-bond acceptors (Lipinski definition) is 5. The first-order valence-electron chi connectivity index (χ1n) is 7.35. The predicted octanol–water partition coefficient (Wildman–Crippen LogP) is 0.829. The molecule has 2 heterocycles. The Morgan fingerprint density at radius 1 is 1.24 bits per heavy atom. The van der Waals surface area contributed by atoms with Crippen molar-refractivity contribution >= 4 is 15.7 Å². The second kappa shape index (κ2) is 5.57. The number of hydrazine groups is 1. The molecule has 3 rings (SSSR count). The maximum atomic E-state index is 12.8. The molecule has 3 N–H and O–H groups in total. The number of benzene rings is 1. The Hall–Kier alpha value is -1.15. The molecule has 7 heteroatoms. The number of sulfonamides is 1. The second-order valence-electron chi connectivity index (χ2n) is 5.88. The van der Waals surface area contributed by atoms with Gasteiger partial charge in [0.2, 0.25) is 10.0 Å². The van der Waals surface area contributed by atoms with E-state index in [1.807, 2.05) is 6.92 Å². The van der Waals surface area contributed by atoms with Gasteiger partial charge in [-0.25, -0.2) is 8.42 Å². The van der Waals surface area contributed by atoms with Gasteiger partial charge in [0.1, 0.15) is 0 Å². The molecule has 2 saturated heterocycles. The lowest BCUT2D eigenvalue weighted by Crippen LogP contribution is -2.56. The molecule has 2 aliphatic rings. The molecule has 6 nitrogen and oxygen atoms in total. The third-order valence-electron chi connectivity index (χ3n) is 4.51. The van der Waals surface area contributed by atoms with Crippen LogP contribution in [-0.4, -0.2) is 49.3 Å². The van der Waals surface area contributed by atoms with Gasteiger partial charge in [-0.05, 0) is 50.6 Å². The lowest BCUT2D eigenvalue weighted by Gasteiger charge is -2.41. The zero-order valence-electron chi connectivity index (χ0n) is 12.2. The van der Waals surface area contributed by atoms with E-state index in [2.05, 4.69) is 10.3 Å². The highest BCUT2D eigenvalue weighted by Gasteiger charge is 2.40. The molecule has 116 valence electrons. The molecular weight excluding hydrogens is 288 g/mol. The first-order valence-corrected chi connectivity index (χ1v) is 8.79. The fourth-order valence-corrected chi connectivity index (χ4v) is 5.01. The maximum absolute atomic E-state index is 12.8. The second-order valence-corrected chi connectivity index (χ2v) is 7.77. The highest BCUT2D eigenvalue weighted by Crippen LogP contribution is 2.29. The van der Waals surface area contributed by atoms with Crippen LogP contribution in [0, 0.1) is 0 Å². The summed E-state index contributed by atoms with van der Waals surface area (Å²) in [6.45, 7) is 4.51. The fraction of sp³-hybridized carbons (Fsp3) is 0.571. The summed E-state index contributed by atoms with van der Waals surface area (Å²) >= 11 is 0. The third kappa shape index (κ3) is 2.66. The van der Waals surface area contributed by atoms with E-state index in [4.69, 9.17) is 5.84 Å². The van der Waals surface area contributed by atoms with Gasteiger partial charge in [0.05, 0.1) is 4.90 Å². The normalized spacial score (nSPS) is 27.5. The standard InChI is InChI=1S/C14H22N4O2S/c1-11-9-17-8-2-3-13(17)10-18(11)21(19,20)14-6-4-12(16-15)5-7-14/h4-7,11,13,16H,2-3,8-10,15H2,1H3. The minimum Gasteiger partial charge on any atom is -0.324 e. The van der Waals surface area contributed by atoms with E-state index in [1.54, 1.807) is 28.6 Å². The minimum absolute atomic E-state index is 0.0108. The summed E-state index contributed by atoms with van der Waals surface area (Å²) < 4.78 is 27.3. The van der Waals surface area contributed by atoms with Crippen molar-refractivity contribution in [2.24, 2.45) is 5.84 Å². The van der Waals surface area contributed by atoms with Crippen molar-refractivity contribution in [3.05, 3.63) is 24.3 Å². The van der Waals surface area contributed by atoms with Crippen molar-refractivity contribution in [1.82, 2.24) is 9.21 Å². The number of anilines is 1. The Morgan fingerprint density at radius 3 is 2.62 bits per heavy atom. The molecule has 0 radical (unpaired) electrons. The van der Waals surface area contributed by atoms with E-state index in [9.17, 15) is 8.42 Å². The molecule has 0 spiro atoms. The molecule has 1 aromatic rings. The monoisotopic (exact) mass is 310 g/mol. The quantitative estimate of drug-likeness (QED) is 0.638. The predicted molar refractivity (Wildman–Crippen MR) is 82.2 cm³/mol. The SMILES string of the molecule is CC1CN2CCCC2CN1S(=O)(=O)c1ccc(NN)cc1. The summed E-state index contributed by atoms with van der Waals surface area (Å²) in [4.78, 5) is 2.75. The van der Waals surface area contributed by atoms with Crippen LogP contribution in [0.5, 0.6) is 0 Å². The zero-order valence-corrected chi connectivity index (χ0v) is 13.0. The molecule has 1 aromatic carbocycles. The summed E-state index contributed by atoms with van der Waals surface area (Å²) in [6, 6.07) is 6.97. The molecule has 0 aromatic heterocycles. The van der Waals surface area contributed by atoms with Gasteiger partial charge in [0.25, 0.3) is 0 Å². The number of hydrogen-bond donors (Lipinski definition) is 2. The van der Waals surface area contributed by atoms with Crippen molar-refractivity contribution in [3.63, 3.8) is 0 Å². The van der Waals surface area contributed by atoms with E-state index < -0.39 is 10.0 Å². The molecule has 0 aliphatic carbocycles. The van der Waals surface area contributed by atoms with E-state index in [-0.39, 0.29) is 6.04 Å². The lowest BCUT2D eigenvalue weighted by atomic mass is 10.1. The van der Waals surface area contributed by atoms with E-state index in [0.717, 1.165) is 19.5 Å². The molecule has 0 amide bonds. The fourth-order valence-electron chi connectivity index (χ4n) is 3.35. The average Bonchev–Trinajstić information content (AvgIpc) is 2.93. The van der Waals surface area contributed by atoms with Crippen molar-refractivity contribution in [2.45, 2.75) is 36.7 Å². The van der Waals surface area contributed by atoms with Crippen molar-refractivity contribution in [3.8, 4) is 0 Å². The van der Waals surface area contributed by atoms with Crippen molar-refractivity contribution in [1.29, 1.82) is 0 Å². The average molecular weight is 310 g/mol. The molecule has 2 unspecified atom stereocenters. The van der Waals surface area contributed by atoms with E-state index >= 15 is 0 Å². The van der Waals surface area contributed by atoms with Crippen LogP contribution in [0.1, 0.15) is 19.8 Å². The number of rotatable bonds is 3. The number of fused-ring (bicyclic) bond motifs is 1. The van der Waals surface area contributed by atoms with Gasteiger partial charge in [-0.15, -0.1) is 0 Å². The van der Waals surface area contributed by atoms with Crippen molar-refractivity contribution < 1.29 is 8.42 Å². The van der Waals surface area contributed by atoms with Gasteiger partial charge in [-0.2, -0.15) is 4.31 Å². The van der Waals surface area contributed by atoms with E-state index in [0.29, 0.717) is 23.2 Å². The Kier molecular flexibility index (Phi) is 3.92. The summed E-state index contributed by atoms with van der Waals surface area (Å²) in [6.07, 6.45) is 2.26. The Balaban J connectivity index is 1.86. The zero-order chi connectivity index (χ0) is 15.0. The molecule has 2 aliphatic heterocycles. The molecule has 2 fully saturated rings. The first kappa shape index (κ1) is 14.8. The Labute approximate surface area is 125 Å². The summed E-state index contributed by atoms with van der Waals surface area (Å²) in [7, 11) is -3.44. The first-order chi connectivity index (χ1) is 10.0. The molecular formula is C14H22N4O2S. The summed E-state index contributed by atoms with van der Waals surface area (Å²) in [5.41, 5.74) is 3.21. The van der Waals surface area contributed by atoms with Crippen LogP contribution in [-0.2, 0) is 10.0 Å². The molecule has 21 heavy (non-hydrogen) atoms. The van der Waals surface area contributed by atoms with Crippen LogP contribution in [0.4, 0.5) is 5.69 Å². The minimum atomic E-state index is -3.44. The van der Waals surface area contributed by atoms with Gasteiger partial charge >= 0.3 is 0 Å². The largest absolute Gasteiger partial charge is 0.324 e. The molecule has 0 saturated carbocycles. The number of nitrogens with two attached hydrogens (primary N) is 1. The number of nitrogens with zero attached hydrogens (tertiary/aromatic N) is 2. The lowest BCUT2D eigenvalue weighted by molar-refractivity contribution is 0.117. The van der Waals surface area contributed by atoms with Crippen molar-refractivity contribution in [2.75, 3.05) is 25.1 Å². The Morgan fingerprint density at radius 2 is 1.95 bits per heavy atom. The molecule has 2 atom stereocenters. The van der Waals surface area contributed by atoms with Gasteiger partial charge in [-0.3, -0.25) is 10.7 Å². The molecule has 0 bridgehead atoms. The van der Waals surface area contributed by atoms with Crippen LogP contribution in [0.2, 0.25) is 0 Å². The van der Waals surface area contributed by atoms with Gasteiger partial charge < -0.3 is 5.43 Å². The highest BCUT2D eigenvalue weighted by atomic mass is 32.2. The van der Waals surface area contributed by atoms with E-state index in [1.165, 1.54) is 6.42 Å². The highest BCUT2D eigenvalue weighted by molar-refractivity contribution is 7.89. The van der Waals surface area contributed by atoms with Gasteiger partial charge in [-0.1, -0.05) is 0 Å². The number of nitrogens with one attached hydrogen (secondary N) is 1.